The minimum atomic E-state index is -3.74. The first-order valence-corrected chi connectivity index (χ1v) is 15.1. The van der Waals surface area contributed by atoms with E-state index < -0.39 is 10.0 Å². The highest BCUT2D eigenvalue weighted by molar-refractivity contribution is 7.89. The number of aromatic nitrogens is 1. The molecule has 0 atom stereocenters. The second-order valence-electron chi connectivity index (χ2n) is 9.71. The van der Waals surface area contributed by atoms with Crippen molar-refractivity contribution in [3.05, 3.63) is 126 Å². The van der Waals surface area contributed by atoms with Gasteiger partial charge in [0.2, 0.25) is 10.0 Å². The Morgan fingerprint density at radius 2 is 1.56 bits per heavy atom. The second-order valence-corrected chi connectivity index (χ2v) is 11.6. The van der Waals surface area contributed by atoms with Crippen LogP contribution in [0, 0.1) is 0 Å². The normalized spacial score (nSPS) is 11.5. The zero-order valence-electron chi connectivity index (χ0n) is 22.8. The predicted molar refractivity (Wildman–Crippen MR) is 161 cm³/mol. The largest absolute Gasteiger partial charge is 0.489 e. The number of fused-ring (bicyclic) bond motifs is 1. The molecule has 0 aliphatic carbocycles. The molecule has 1 aromatic heterocycles. The van der Waals surface area contributed by atoms with Gasteiger partial charge in [-0.1, -0.05) is 72.8 Å². The molecule has 5 aromatic rings. The average molecular weight is 569 g/mol. The molecule has 0 saturated heterocycles. The lowest BCUT2D eigenvalue weighted by Crippen LogP contribution is -2.14. The van der Waals surface area contributed by atoms with E-state index in [0.29, 0.717) is 41.1 Å². The van der Waals surface area contributed by atoms with Crippen LogP contribution in [0.3, 0.4) is 0 Å². The third kappa shape index (κ3) is 6.51. The Morgan fingerprint density at radius 1 is 0.829 bits per heavy atom. The summed E-state index contributed by atoms with van der Waals surface area (Å²) in [6, 6.07) is 30.1. The van der Waals surface area contributed by atoms with E-state index in [2.05, 4.69) is 0 Å². The zero-order chi connectivity index (χ0) is 28.8. The molecule has 41 heavy (non-hydrogen) atoms. The van der Waals surface area contributed by atoms with Gasteiger partial charge >= 0.3 is 5.97 Å². The van der Waals surface area contributed by atoms with Crippen LogP contribution in [0.25, 0.3) is 22.0 Å². The van der Waals surface area contributed by atoms with Crippen LogP contribution >= 0.6 is 0 Å². The van der Waals surface area contributed by atoms with Crippen LogP contribution in [0.2, 0.25) is 0 Å². The smallest absolute Gasteiger partial charge is 0.310 e. The van der Waals surface area contributed by atoms with Gasteiger partial charge < -0.3 is 15.2 Å². The molecule has 0 saturated carbocycles. The van der Waals surface area contributed by atoms with Crippen molar-refractivity contribution < 1.29 is 22.7 Å². The van der Waals surface area contributed by atoms with E-state index in [1.807, 2.05) is 78.9 Å². The Bertz CT molecular complexity index is 1780. The molecule has 0 spiro atoms. The molecule has 210 valence electrons. The molecule has 0 aliphatic heterocycles. The topological polar surface area (TPSA) is 101 Å². The van der Waals surface area contributed by atoms with Gasteiger partial charge in [0.05, 0.1) is 24.3 Å². The lowest BCUT2D eigenvalue weighted by Gasteiger charge is -2.11. The monoisotopic (exact) mass is 568 g/mol. The number of nitrogens with two attached hydrogens (primary N) is 1. The van der Waals surface area contributed by atoms with Gasteiger partial charge in [-0.15, -0.1) is 0 Å². The van der Waals surface area contributed by atoms with Gasteiger partial charge in [0, 0.05) is 29.3 Å². The van der Waals surface area contributed by atoms with Crippen LogP contribution in [0.1, 0.15) is 29.2 Å². The molecular formula is C33H32N2O5S. The maximum absolute atomic E-state index is 13.6. The predicted octanol–water partition coefficient (Wildman–Crippen LogP) is 5.83. The number of rotatable bonds is 11. The molecule has 0 unspecified atom stereocenters. The highest BCUT2D eigenvalue weighted by atomic mass is 32.2. The van der Waals surface area contributed by atoms with E-state index in [4.69, 9.17) is 15.2 Å². The molecule has 5 rings (SSSR count). The van der Waals surface area contributed by atoms with Crippen LogP contribution < -0.4 is 10.5 Å². The van der Waals surface area contributed by atoms with Crippen LogP contribution in [0.4, 0.5) is 0 Å². The fraction of sp³-hybridized carbons (Fsp3) is 0.182. The Hall–Kier alpha value is -4.40. The number of hydrogen-bond acceptors (Lipinski definition) is 6. The summed E-state index contributed by atoms with van der Waals surface area (Å²) < 4.78 is 39.9. The number of carbonyl (C=O) groups excluding carboxylic acids is 1. The van der Waals surface area contributed by atoms with Crippen LogP contribution in [-0.2, 0) is 44.9 Å². The summed E-state index contributed by atoms with van der Waals surface area (Å²) >= 11 is 0. The first kappa shape index (κ1) is 28.1. The number of carbonyl (C=O) groups is 1. The maximum Gasteiger partial charge on any atom is 0.310 e. The molecule has 0 bridgehead atoms. The summed E-state index contributed by atoms with van der Waals surface area (Å²) in [4.78, 5) is 12.1. The number of esters is 1. The van der Waals surface area contributed by atoms with E-state index in [1.165, 1.54) is 3.97 Å². The van der Waals surface area contributed by atoms with E-state index >= 15 is 0 Å². The summed E-state index contributed by atoms with van der Waals surface area (Å²) in [6.45, 7) is 2.60. The van der Waals surface area contributed by atoms with Crippen molar-refractivity contribution >= 4 is 26.9 Å². The van der Waals surface area contributed by atoms with E-state index in [-0.39, 0.29) is 24.7 Å². The summed E-state index contributed by atoms with van der Waals surface area (Å²) in [5, 5.41) is 0.764. The molecule has 0 fully saturated rings. The molecule has 4 aromatic carbocycles. The van der Waals surface area contributed by atoms with Crippen molar-refractivity contribution in [1.29, 1.82) is 0 Å². The van der Waals surface area contributed by atoms with Gasteiger partial charge in [0.1, 0.15) is 12.4 Å². The molecule has 0 aliphatic rings. The quantitative estimate of drug-likeness (QED) is 0.201. The van der Waals surface area contributed by atoms with Gasteiger partial charge in [-0.2, -0.15) is 0 Å². The highest BCUT2D eigenvalue weighted by Crippen LogP contribution is 2.31. The summed E-state index contributed by atoms with van der Waals surface area (Å²) in [6.07, 6.45) is 1.72. The Morgan fingerprint density at radius 3 is 2.34 bits per heavy atom. The molecule has 8 heteroatoms. The number of hydrogen-bond donors (Lipinski definition) is 1. The van der Waals surface area contributed by atoms with Crippen molar-refractivity contribution in [2.24, 2.45) is 5.73 Å². The average Bonchev–Trinajstić information content (AvgIpc) is 3.36. The molecular weight excluding hydrogens is 536 g/mol. The number of ether oxygens (including phenoxy) is 2. The van der Waals surface area contributed by atoms with Crippen molar-refractivity contribution in [2.75, 3.05) is 6.61 Å². The maximum atomic E-state index is 13.6. The number of para-hydroxylation sites is 1. The Kier molecular flexibility index (Phi) is 8.52. The van der Waals surface area contributed by atoms with E-state index in [9.17, 15) is 13.2 Å². The van der Waals surface area contributed by atoms with Crippen molar-refractivity contribution in [1.82, 2.24) is 3.97 Å². The Balaban J connectivity index is 1.54. The molecule has 7 nitrogen and oxygen atoms in total. The highest BCUT2D eigenvalue weighted by Gasteiger charge is 2.21. The van der Waals surface area contributed by atoms with Crippen molar-refractivity contribution in [3.8, 4) is 16.9 Å². The minimum absolute atomic E-state index is 0.0822. The molecule has 0 radical (unpaired) electrons. The fourth-order valence-electron chi connectivity index (χ4n) is 4.84. The fourth-order valence-corrected chi connectivity index (χ4v) is 6.34. The van der Waals surface area contributed by atoms with Crippen LogP contribution in [-0.4, -0.2) is 25.0 Å². The minimum Gasteiger partial charge on any atom is -0.489 e. The lowest BCUT2D eigenvalue weighted by atomic mass is 10.0. The van der Waals surface area contributed by atoms with Gasteiger partial charge in [-0.3, -0.25) is 4.79 Å². The van der Waals surface area contributed by atoms with Gasteiger partial charge in [-0.05, 0) is 53.4 Å². The van der Waals surface area contributed by atoms with E-state index in [1.54, 1.807) is 31.3 Å². The number of nitrogens with zero attached hydrogens (tertiary/aromatic N) is 1. The summed E-state index contributed by atoms with van der Waals surface area (Å²) in [5.74, 6) is 0.0672. The van der Waals surface area contributed by atoms with Crippen molar-refractivity contribution in [2.45, 2.75) is 32.2 Å². The lowest BCUT2D eigenvalue weighted by molar-refractivity contribution is -0.142. The molecule has 1 heterocycles. The molecule has 0 amide bonds. The summed E-state index contributed by atoms with van der Waals surface area (Å²) in [5.41, 5.74) is 11.5. The third-order valence-corrected chi connectivity index (χ3v) is 8.44. The van der Waals surface area contributed by atoms with Gasteiger partial charge in [-0.25, -0.2) is 12.4 Å². The first-order valence-electron chi connectivity index (χ1n) is 13.4. The zero-order valence-corrected chi connectivity index (χ0v) is 23.6. The SMILES string of the molecule is CCOC(=O)Cc1ccccc1OCc1cn(S(=O)(=O)Cc2ccccc2)c2ccc(-c3cccc(CN)c3)cc12. The third-order valence-electron chi connectivity index (χ3n) is 6.84. The Labute approximate surface area is 240 Å². The van der Waals surface area contributed by atoms with E-state index in [0.717, 1.165) is 22.1 Å². The number of benzene rings is 4. The van der Waals surface area contributed by atoms with Crippen LogP contribution in [0.5, 0.6) is 5.75 Å². The second kappa shape index (κ2) is 12.4. The molecule has 2 N–H and O–H groups in total. The first-order chi connectivity index (χ1) is 19.9. The standard InChI is InChI=1S/C33H32N2O5S/c1-2-39-33(36)19-28-12-6-7-14-32(28)40-22-29-21-35(41(37,38)23-24-9-4-3-5-10-24)31-16-15-27(18-30(29)31)26-13-8-11-25(17-26)20-34/h3-18,21H,2,19-20,22-23,34H2,1H3. The summed E-state index contributed by atoms with van der Waals surface area (Å²) in [7, 11) is -3.74. The van der Waals surface area contributed by atoms with Gasteiger partial charge in [0.15, 0.2) is 0 Å². The van der Waals surface area contributed by atoms with Crippen LogP contribution in [0.15, 0.2) is 103 Å². The van der Waals surface area contributed by atoms with Gasteiger partial charge in [0.25, 0.3) is 0 Å². The van der Waals surface area contributed by atoms with Crippen molar-refractivity contribution in [3.63, 3.8) is 0 Å².